The van der Waals surface area contributed by atoms with Crippen LogP contribution in [0.2, 0.25) is 0 Å². The molecule has 0 fully saturated rings. The maximum Gasteiger partial charge on any atom is 0.132 e. The van der Waals surface area contributed by atoms with Gasteiger partial charge in [-0.15, -0.1) is 0 Å². The Morgan fingerprint density at radius 3 is 2.71 bits per heavy atom. The summed E-state index contributed by atoms with van der Waals surface area (Å²) in [5.41, 5.74) is 2.12. The average Bonchev–Trinajstić information content (AvgIpc) is 2.41. The molecule has 112 valence electrons. The summed E-state index contributed by atoms with van der Waals surface area (Å²) in [6.45, 7) is 4.79. The van der Waals surface area contributed by atoms with Crippen LogP contribution < -0.4 is 5.32 Å². The fraction of sp³-hybridized carbons (Fsp3) is 0.375. The Morgan fingerprint density at radius 2 is 2.00 bits per heavy atom. The van der Waals surface area contributed by atoms with E-state index in [9.17, 15) is 4.39 Å². The van der Waals surface area contributed by atoms with Gasteiger partial charge in [-0.05, 0) is 59.0 Å². The van der Waals surface area contributed by atoms with Crippen molar-refractivity contribution in [3.05, 3.63) is 51.6 Å². The maximum absolute atomic E-state index is 13.1. The summed E-state index contributed by atoms with van der Waals surface area (Å²) in [6.07, 6.45) is 2.71. The molecule has 0 aliphatic heterocycles. The lowest BCUT2D eigenvalue weighted by atomic mass is 10.1. The fourth-order valence-electron chi connectivity index (χ4n) is 2.16. The third-order valence-corrected chi connectivity index (χ3v) is 3.63. The number of rotatable bonds is 6. The van der Waals surface area contributed by atoms with Gasteiger partial charge in [-0.2, -0.15) is 0 Å². The van der Waals surface area contributed by atoms with Crippen molar-refractivity contribution in [1.82, 2.24) is 9.97 Å². The third kappa shape index (κ3) is 4.77. The zero-order valence-electron chi connectivity index (χ0n) is 12.3. The van der Waals surface area contributed by atoms with Gasteiger partial charge in [0.05, 0.1) is 0 Å². The van der Waals surface area contributed by atoms with E-state index in [1.54, 1.807) is 6.07 Å². The minimum absolute atomic E-state index is 0.187. The Labute approximate surface area is 133 Å². The predicted octanol–water partition coefficient (Wildman–Crippen LogP) is 4.29. The first kappa shape index (κ1) is 15.9. The van der Waals surface area contributed by atoms with E-state index in [0.29, 0.717) is 0 Å². The average molecular weight is 352 g/mol. The number of halogens is 2. The van der Waals surface area contributed by atoms with Gasteiger partial charge in [0.2, 0.25) is 0 Å². The molecule has 0 saturated heterocycles. The monoisotopic (exact) mass is 351 g/mol. The van der Waals surface area contributed by atoms with Gasteiger partial charge in [0, 0.05) is 19.0 Å². The first-order valence-electron chi connectivity index (χ1n) is 7.11. The summed E-state index contributed by atoms with van der Waals surface area (Å²) in [4.78, 5) is 8.82. The van der Waals surface area contributed by atoms with Gasteiger partial charge < -0.3 is 5.32 Å². The molecule has 5 heteroatoms. The summed E-state index contributed by atoms with van der Waals surface area (Å²) in [7, 11) is 0. The van der Waals surface area contributed by atoms with Gasteiger partial charge in [0.25, 0.3) is 0 Å². The van der Waals surface area contributed by atoms with Crippen molar-refractivity contribution in [2.24, 2.45) is 0 Å². The number of hydrogen-bond donors (Lipinski definition) is 1. The Kier molecular flexibility index (Phi) is 5.67. The predicted molar refractivity (Wildman–Crippen MR) is 87.1 cm³/mol. The number of benzene rings is 1. The molecule has 21 heavy (non-hydrogen) atoms. The first-order valence-corrected chi connectivity index (χ1v) is 7.90. The number of aromatic nitrogens is 2. The summed E-state index contributed by atoms with van der Waals surface area (Å²) in [5.74, 6) is 1.47. The van der Waals surface area contributed by atoms with Gasteiger partial charge in [-0.1, -0.05) is 13.0 Å². The van der Waals surface area contributed by atoms with Crippen molar-refractivity contribution in [3.63, 3.8) is 0 Å². The lowest BCUT2D eigenvalue weighted by molar-refractivity contribution is 0.625. The Balaban J connectivity index is 1.96. The first-order chi connectivity index (χ1) is 10.1. The minimum Gasteiger partial charge on any atom is -0.370 e. The quantitative estimate of drug-likeness (QED) is 0.788. The second kappa shape index (κ2) is 7.50. The summed E-state index contributed by atoms with van der Waals surface area (Å²) in [5, 5.41) is 3.30. The molecule has 0 aliphatic carbocycles. The highest BCUT2D eigenvalue weighted by Crippen LogP contribution is 2.14. The van der Waals surface area contributed by atoms with Crippen LogP contribution in [-0.2, 0) is 12.8 Å². The highest BCUT2D eigenvalue weighted by atomic mass is 79.9. The third-order valence-electron chi connectivity index (χ3n) is 3.22. The molecule has 1 aromatic carbocycles. The summed E-state index contributed by atoms with van der Waals surface area (Å²) in [6, 6.07) is 6.78. The zero-order chi connectivity index (χ0) is 15.2. The SMILES string of the molecule is CCCc1nc(Br)cc(NCCc2ccc(F)cc2C)n1. The smallest absolute Gasteiger partial charge is 0.132 e. The highest BCUT2D eigenvalue weighted by molar-refractivity contribution is 9.10. The molecule has 0 bridgehead atoms. The van der Waals surface area contributed by atoms with Crippen molar-refractivity contribution in [2.45, 2.75) is 33.1 Å². The number of anilines is 1. The van der Waals surface area contributed by atoms with Gasteiger partial charge in [-0.3, -0.25) is 0 Å². The van der Waals surface area contributed by atoms with E-state index >= 15 is 0 Å². The standard InChI is InChI=1S/C16H19BrFN3/c1-3-4-15-20-14(17)10-16(21-15)19-8-7-12-5-6-13(18)9-11(12)2/h5-6,9-10H,3-4,7-8H2,1-2H3,(H,19,20,21). The molecule has 0 amide bonds. The Morgan fingerprint density at radius 1 is 1.19 bits per heavy atom. The van der Waals surface area contributed by atoms with Crippen LogP contribution in [-0.4, -0.2) is 16.5 Å². The van der Waals surface area contributed by atoms with Crippen LogP contribution >= 0.6 is 15.9 Å². The van der Waals surface area contributed by atoms with Crippen LogP contribution in [0.4, 0.5) is 10.2 Å². The van der Waals surface area contributed by atoms with Crippen LogP contribution in [0.1, 0.15) is 30.3 Å². The zero-order valence-corrected chi connectivity index (χ0v) is 13.9. The molecule has 3 nitrogen and oxygen atoms in total. The number of nitrogens with zero attached hydrogens (tertiary/aromatic N) is 2. The summed E-state index contributed by atoms with van der Waals surface area (Å²) < 4.78 is 13.9. The van der Waals surface area contributed by atoms with E-state index in [4.69, 9.17) is 0 Å². The molecule has 2 rings (SSSR count). The molecule has 0 atom stereocenters. The van der Waals surface area contributed by atoms with E-state index in [-0.39, 0.29) is 5.82 Å². The second-order valence-corrected chi connectivity index (χ2v) is 5.80. The van der Waals surface area contributed by atoms with E-state index in [0.717, 1.165) is 53.2 Å². The number of hydrogen-bond acceptors (Lipinski definition) is 3. The topological polar surface area (TPSA) is 37.8 Å². The van der Waals surface area contributed by atoms with Crippen LogP contribution in [0.5, 0.6) is 0 Å². The second-order valence-electron chi connectivity index (χ2n) is 4.99. The number of aryl methyl sites for hydroxylation is 2. The molecule has 1 heterocycles. The molecular formula is C16H19BrFN3. The van der Waals surface area contributed by atoms with Crippen molar-refractivity contribution in [3.8, 4) is 0 Å². The van der Waals surface area contributed by atoms with Gasteiger partial charge in [0.15, 0.2) is 0 Å². The molecule has 0 aliphatic rings. The molecule has 0 radical (unpaired) electrons. The highest BCUT2D eigenvalue weighted by Gasteiger charge is 2.04. The normalized spacial score (nSPS) is 10.7. The van der Waals surface area contributed by atoms with Crippen LogP contribution in [0.25, 0.3) is 0 Å². The van der Waals surface area contributed by atoms with Crippen molar-refractivity contribution >= 4 is 21.7 Å². The van der Waals surface area contributed by atoms with Crippen molar-refractivity contribution in [2.75, 3.05) is 11.9 Å². The minimum atomic E-state index is -0.187. The molecule has 0 spiro atoms. The van der Waals surface area contributed by atoms with Crippen LogP contribution in [0, 0.1) is 12.7 Å². The lowest BCUT2D eigenvalue weighted by Gasteiger charge is -2.09. The van der Waals surface area contributed by atoms with Crippen molar-refractivity contribution in [1.29, 1.82) is 0 Å². The molecule has 1 aromatic heterocycles. The Hall–Kier alpha value is -1.49. The van der Waals surface area contributed by atoms with Gasteiger partial charge in [0.1, 0.15) is 22.1 Å². The van der Waals surface area contributed by atoms with E-state index in [1.165, 1.54) is 6.07 Å². The fourth-order valence-corrected chi connectivity index (χ4v) is 2.58. The maximum atomic E-state index is 13.1. The molecule has 1 N–H and O–H groups in total. The number of nitrogens with one attached hydrogen (secondary N) is 1. The lowest BCUT2D eigenvalue weighted by Crippen LogP contribution is -2.09. The molecular weight excluding hydrogens is 333 g/mol. The van der Waals surface area contributed by atoms with E-state index in [1.807, 2.05) is 19.1 Å². The summed E-state index contributed by atoms with van der Waals surface area (Å²) >= 11 is 3.41. The molecule has 0 saturated carbocycles. The van der Waals surface area contributed by atoms with E-state index in [2.05, 4.69) is 38.1 Å². The molecule has 0 unspecified atom stereocenters. The van der Waals surface area contributed by atoms with Crippen molar-refractivity contribution < 1.29 is 4.39 Å². The molecule has 2 aromatic rings. The van der Waals surface area contributed by atoms with Crippen LogP contribution in [0.3, 0.4) is 0 Å². The van der Waals surface area contributed by atoms with Crippen LogP contribution in [0.15, 0.2) is 28.9 Å². The Bertz CT molecular complexity index is 616. The van der Waals surface area contributed by atoms with E-state index < -0.39 is 0 Å². The largest absolute Gasteiger partial charge is 0.370 e. The van der Waals surface area contributed by atoms with Gasteiger partial charge in [-0.25, -0.2) is 14.4 Å². The van der Waals surface area contributed by atoms with Gasteiger partial charge >= 0.3 is 0 Å².